The lowest BCUT2D eigenvalue weighted by atomic mass is 10.1. The Hall–Kier alpha value is -2.39. The number of rotatable bonds is 9. The summed E-state index contributed by atoms with van der Waals surface area (Å²) in [7, 11) is 1.58. The van der Waals surface area contributed by atoms with Crippen molar-refractivity contribution in [3.8, 4) is 5.75 Å². The van der Waals surface area contributed by atoms with Crippen molar-refractivity contribution in [2.75, 3.05) is 26.3 Å². The minimum absolute atomic E-state index is 0.0330. The first-order valence-corrected chi connectivity index (χ1v) is 10.4. The van der Waals surface area contributed by atoms with E-state index in [2.05, 4.69) is 10.3 Å². The minimum atomic E-state index is -0.544. The van der Waals surface area contributed by atoms with Crippen LogP contribution in [0.5, 0.6) is 5.75 Å². The van der Waals surface area contributed by atoms with Crippen molar-refractivity contribution in [1.29, 1.82) is 0 Å². The van der Waals surface area contributed by atoms with Gasteiger partial charge in [0.15, 0.2) is 0 Å². The lowest BCUT2D eigenvalue weighted by Gasteiger charge is -2.11. The number of ether oxygens (including phenoxy) is 2. The van der Waals surface area contributed by atoms with E-state index in [0.29, 0.717) is 28.6 Å². The molecule has 1 heterocycles. The molecule has 0 radical (unpaired) electrons. The van der Waals surface area contributed by atoms with Crippen molar-refractivity contribution >= 4 is 40.2 Å². The maximum atomic E-state index is 14.1. The van der Waals surface area contributed by atoms with Gasteiger partial charge in [0.05, 0.1) is 24.7 Å². The van der Waals surface area contributed by atoms with E-state index in [4.69, 9.17) is 21.1 Å². The molecule has 0 bridgehead atoms. The third-order valence-corrected chi connectivity index (χ3v) is 5.37. The largest absolute Gasteiger partial charge is 0.506 e. The number of methoxy groups -OCH3 is 1. The van der Waals surface area contributed by atoms with Crippen molar-refractivity contribution < 1.29 is 23.8 Å². The lowest BCUT2D eigenvalue weighted by Crippen LogP contribution is -2.23. The Labute approximate surface area is 182 Å². The van der Waals surface area contributed by atoms with Gasteiger partial charge in [0.1, 0.15) is 17.1 Å². The first-order chi connectivity index (χ1) is 14.5. The van der Waals surface area contributed by atoms with E-state index in [9.17, 15) is 14.3 Å². The fraction of sp³-hybridized carbons (Fsp3) is 0.238. The topological polar surface area (TPSA) is 80.7 Å². The zero-order chi connectivity index (χ0) is 21.5. The number of hydrogen-bond donors (Lipinski definition) is 2. The summed E-state index contributed by atoms with van der Waals surface area (Å²) in [5.41, 5.74) is 1.21. The molecule has 0 unspecified atom stereocenters. The molecule has 1 aromatic heterocycles. The molecule has 30 heavy (non-hydrogen) atoms. The number of aromatic hydroxyl groups is 1. The highest BCUT2D eigenvalue weighted by Gasteiger charge is 2.18. The van der Waals surface area contributed by atoms with Crippen LogP contribution in [-0.4, -0.2) is 42.3 Å². The van der Waals surface area contributed by atoms with Crippen LogP contribution in [0.25, 0.3) is 10.9 Å². The molecule has 0 atom stereocenters. The quantitative estimate of drug-likeness (QED) is 0.286. The third-order valence-electron chi connectivity index (χ3n) is 4.21. The summed E-state index contributed by atoms with van der Waals surface area (Å²) >= 11 is 7.10. The SMILES string of the molecule is COCCOCSc1cc(F)cc2c(O)c(C(=O)NCc3ccc(Cl)cc3)cnc12. The number of amides is 1. The zero-order valence-corrected chi connectivity index (χ0v) is 17.7. The number of halogens is 2. The van der Waals surface area contributed by atoms with Crippen molar-refractivity contribution in [2.24, 2.45) is 0 Å². The second kappa shape index (κ2) is 10.6. The lowest BCUT2D eigenvalue weighted by molar-refractivity contribution is 0.0948. The summed E-state index contributed by atoms with van der Waals surface area (Å²) in [6.07, 6.45) is 1.28. The van der Waals surface area contributed by atoms with Gasteiger partial charge >= 0.3 is 0 Å². The van der Waals surface area contributed by atoms with E-state index in [-0.39, 0.29) is 29.2 Å². The third kappa shape index (κ3) is 5.60. The first-order valence-electron chi connectivity index (χ1n) is 9.03. The summed E-state index contributed by atoms with van der Waals surface area (Å²) in [6.45, 7) is 1.11. The maximum absolute atomic E-state index is 14.1. The Bertz CT molecular complexity index is 1030. The van der Waals surface area contributed by atoms with Gasteiger partial charge in [-0.15, -0.1) is 0 Å². The molecular weight excluding hydrogens is 431 g/mol. The highest BCUT2D eigenvalue weighted by Crippen LogP contribution is 2.34. The van der Waals surface area contributed by atoms with Crippen molar-refractivity contribution in [3.63, 3.8) is 0 Å². The number of nitrogens with one attached hydrogen (secondary N) is 1. The summed E-state index contributed by atoms with van der Waals surface area (Å²) in [6, 6.07) is 9.49. The molecule has 0 fully saturated rings. The molecule has 2 aromatic carbocycles. The van der Waals surface area contributed by atoms with Crippen LogP contribution in [0.2, 0.25) is 5.02 Å². The van der Waals surface area contributed by atoms with Gasteiger partial charge in [0.2, 0.25) is 0 Å². The van der Waals surface area contributed by atoms with Crippen LogP contribution < -0.4 is 5.32 Å². The van der Waals surface area contributed by atoms with Crippen molar-refractivity contribution in [2.45, 2.75) is 11.4 Å². The molecule has 0 spiro atoms. The molecule has 2 N–H and O–H groups in total. The van der Waals surface area contributed by atoms with Crippen molar-refractivity contribution in [3.05, 3.63) is 64.6 Å². The van der Waals surface area contributed by atoms with Gasteiger partial charge in [0, 0.05) is 35.2 Å². The molecule has 6 nitrogen and oxygen atoms in total. The molecule has 0 aliphatic heterocycles. The number of benzene rings is 2. The maximum Gasteiger partial charge on any atom is 0.256 e. The normalized spacial score (nSPS) is 11.0. The average molecular weight is 451 g/mol. The van der Waals surface area contributed by atoms with E-state index in [0.717, 1.165) is 11.6 Å². The Balaban J connectivity index is 1.77. The number of nitrogens with zero attached hydrogens (tertiary/aromatic N) is 1. The van der Waals surface area contributed by atoms with E-state index in [1.807, 2.05) is 0 Å². The number of carbonyl (C=O) groups excluding carboxylic acids is 1. The van der Waals surface area contributed by atoms with E-state index in [1.54, 1.807) is 31.4 Å². The number of carbonyl (C=O) groups is 1. The summed E-state index contributed by atoms with van der Waals surface area (Å²) in [5, 5.41) is 14.1. The predicted octanol–water partition coefficient (Wildman–Crippen LogP) is 4.38. The van der Waals surface area contributed by atoms with Gasteiger partial charge in [-0.25, -0.2) is 4.39 Å². The monoisotopic (exact) mass is 450 g/mol. The van der Waals surface area contributed by atoms with Crippen molar-refractivity contribution in [1.82, 2.24) is 10.3 Å². The highest BCUT2D eigenvalue weighted by molar-refractivity contribution is 7.99. The summed E-state index contributed by atoms with van der Waals surface area (Å²) in [4.78, 5) is 17.3. The number of aromatic nitrogens is 1. The Morgan fingerprint density at radius 2 is 2.03 bits per heavy atom. The van der Waals surface area contributed by atoms with E-state index >= 15 is 0 Å². The van der Waals surface area contributed by atoms with Gasteiger partial charge in [-0.1, -0.05) is 35.5 Å². The molecule has 0 aliphatic rings. The van der Waals surface area contributed by atoms with E-state index in [1.165, 1.54) is 24.0 Å². The highest BCUT2D eigenvalue weighted by atomic mass is 35.5. The van der Waals surface area contributed by atoms with E-state index < -0.39 is 11.7 Å². The molecule has 158 valence electrons. The molecule has 0 saturated heterocycles. The molecular formula is C21H20ClFN2O4S. The Morgan fingerprint density at radius 3 is 2.77 bits per heavy atom. The van der Waals surface area contributed by atoms with Crippen LogP contribution >= 0.6 is 23.4 Å². The number of pyridine rings is 1. The molecule has 0 aliphatic carbocycles. The summed E-state index contributed by atoms with van der Waals surface area (Å²) in [5.74, 6) is -1.11. The van der Waals surface area contributed by atoms with Crippen LogP contribution in [0.15, 0.2) is 47.5 Å². The van der Waals surface area contributed by atoms with Crippen LogP contribution in [0, 0.1) is 5.82 Å². The Kier molecular flexibility index (Phi) is 7.87. The number of thioether (sulfide) groups is 1. The standard InChI is InChI=1S/C21H20ClFN2O4S/c1-28-6-7-29-12-30-18-9-15(23)8-16-19(18)24-11-17(20(16)26)21(27)25-10-13-2-4-14(22)5-3-13/h2-5,8-9,11H,6-7,10,12H2,1H3,(H,24,26)(H,25,27). The zero-order valence-electron chi connectivity index (χ0n) is 16.2. The molecule has 9 heteroatoms. The number of hydrogen-bond acceptors (Lipinski definition) is 6. The predicted molar refractivity (Wildman–Crippen MR) is 115 cm³/mol. The fourth-order valence-electron chi connectivity index (χ4n) is 2.69. The van der Waals surface area contributed by atoms with Gasteiger partial charge in [-0.05, 0) is 29.8 Å². The van der Waals surface area contributed by atoms with Gasteiger partial charge < -0.3 is 19.9 Å². The molecule has 3 aromatic rings. The second-order valence-electron chi connectivity index (χ2n) is 6.29. The molecule has 1 amide bonds. The van der Waals surface area contributed by atoms with Gasteiger partial charge in [-0.3, -0.25) is 9.78 Å². The second-order valence-corrected chi connectivity index (χ2v) is 7.69. The Morgan fingerprint density at radius 1 is 1.27 bits per heavy atom. The summed E-state index contributed by atoms with van der Waals surface area (Å²) < 4.78 is 24.4. The van der Waals surface area contributed by atoms with Crippen LogP contribution in [0.4, 0.5) is 4.39 Å². The van der Waals surface area contributed by atoms with Crippen LogP contribution in [0.1, 0.15) is 15.9 Å². The average Bonchev–Trinajstić information content (AvgIpc) is 2.73. The fourth-order valence-corrected chi connectivity index (χ4v) is 3.64. The van der Waals surface area contributed by atoms with Gasteiger partial charge in [-0.2, -0.15) is 0 Å². The molecule has 0 saturated carbocycles. The molecule has 3 rings (SSSR count). The van der Waals surface area contributed by atoms with Crippen LogP contribution in [0.3, 0.4) is 0 Å². The smallest absolute Gasteiger partial charge is 0.256 e. The minimum Gasteiger partial charge on any atom is -0.506 e. The van der Waals surface area contributed by atoms with Gasteiger partial charge in [0.25, 0.3) is 5.91 Å². The number of fused-ring (bicyclic) bond motifs is 1. The van der Waals surface area contributed by atoms with Crippen LogP contribution in [-0.2, 0) is 16.0 Å². The first kappa shape index (κ1) is 22.3.